The number of carbonyl (C=O) groups excluding carboxylic acids is 1. The third kappa shape index (κ3) is 5.75. The van der Waals surface area contributed by atoms with Crippen LogP contribution in [0.25, 0.3) is 0 Å². The molecule has 3 fully saturated rings. The minimum atomic E-state index is -0.312. The smallest absolute Gasteiger partial charge is 0.251 e. The molecule has 2 saturated heterocycles. The summed E-state index contributed by atoms with van der Waals surface area (Å²) in [5.41, 5.74) is 1.64. The normalized spacial score (nSPS) is 26.0. The van der Waals surface area contributed by atoms with Crippen LogP contribution in [0.1, 0.15) is 69.3 Å². The molecule has 2 aliphatic heterocycles. The second kappa shape index (κ2) is 11.5. The Balaban J connectivity index is 1.20. The highest BCUT2D eigenvalue weighted by Gasteiger charge is 2.64. The van der Waals surface area contributed by atoms with E-state index in [4.69, 9.17) is 9.47 Å². The van der Waals surface area contributed by atoms with Crippen molar-refractivity contribution in [3.05, 3.63) is 53.6 Å². The van der Waals surface area contributed by atoms with E-state index in [0.717, 1.165) is 51.1 Å². The number of hydrogen-bond acceptors (Lipinski definition) is 7. The first-order chi connectivity index (χ1) is 19.5. The molecule has 0 spiro atoms. The van der Waals surface area contributed by atoms with Crippen LogP contribution in [0.3, 0.4) is 0 Å². The fourth-order valence-corrected chi connectivity index (χ4v) is 7.55. The SMILES string of the molecule is COc1cc(OC2C(C)(C)C(NC(=O)c3ccc(N4CCC[C@@H](N5CCC(O)CC5)C4)cc3)C2(C)C)ccc1C#N. The van der Waals surface area contributed by atoms with Gasteiger partial charge in [-0.1, -0.05) is 27.7 Å². The molecule has 41 heavy (non-hydrogen) atoms. The summed E-state index contributed by atoms with van der Waals surface area (Å²) in [6.45, 7) is 12.4. The summed E-state index contributed by atoms with van der Waals surface area (Å²) in [4.78, 5) is 18.3. The number of nitrogens with zero attached hydrogens (tertiary/aromatic N) is 3. The molecular formula is C33H44N4O4. The van der Waals surface area contributed by atoms with Gasteiger partial charge in [0.2, 0.25) is 0 Å². The maximum Gasteiger partial charge on any atom is 0.251 e. The molecule has 2 N–H and O–H groups in total. The Kier molecular flexibility index (Phi) is 8.22. The van der Waals surface area contributed by atoms with Gasteiger partial charge in [0.1, 0.15) is 23.7 Å². The number of rotatable bonds is 7. The van der Waals surface area contributed by atoms with Gasteiger partial charge in [-0.15, -0.1) is 0 Å². The number of carbonyl (C=O) groups is 1. The number of benzene rings is 2. The first-order valence-corrected chi connectivity index (χ1v) is 14.9. The highest BCUT2D eigenvalue weighted by Crippen LogP contribution is 2.55. The monoisotopic (exact) mass is 560 g/mol. The van der Waals surface area contributed by atoms with Crippen LogP contribution >= 0.6 is 0 Å². The molecule has 1 aliphatic carbocycles. The molecule has 0 aromatic heterocycles. The number of aliphatic hydroxyl groups excluding tert-OH is 1. The number of ether oxygens (including phenoxy) is 2. The van der Waals surface area contributed by atoms with E-state index in [1.165, 1.54) is 6.42 Å². The third-order valence-electron chi connectivity index (χ3n) is 9.57. The summed E-state index contributed by atoms with van der Waals surface area (Å²) >= 11 is 0. The number of anilines is 1. The van der Waals surface area contributed by atoms with E-state index in [1.807, 2.05) is 12.1 Å². The van der Waals surface area contributed by atoms with Gasteiger partial charge in [0.05, 0.1) is 18.8 Å². The van der Waals surface area contributed by atoms with Gasteiger partial charge in [0, 0.05) is 66.4 Å². The lowest BCUT2D eigenvalue weighted by Crippen LogP contribution is -2.74. The Morgan fingerprint density at radius 1 is 1.02 bits per heavy atom. The molecule has 0 unspecified atom stereocenters. The highest BCUT2D eigenvalue weighted by molar-refractivity contribution is 5.95. The van der Waals surface area contributed by atoms with Crippen molar-refractivity contribution in [3.63, 3.8) is 0 Å². The molecular weight excluding hydrogens is 516 g/mol. The summed E-state index contributed by atoms with van der Waals surface area (Å²) in [6.07, 6.45) is 3.79. The van der Waals surface area contributed by atoms with Crippen molar-refractivity contribution in [3.8, 4) is 17.6 Å². The average Bonchev–Trinajstić information content (AvgIpc) is 2.98. The van der Waals surface area contributed by atoms with Crippen molar-refractivity contribution >= 4 is 11.6 Å². The maximum absolute atomic E-state index is 13.4. The van der Waals surface area contributed by atoms with Gasteiger partial charge in [-0.25, -0.2) is 0 Å². The molecule has 0 radical (unpaired) electrons. The van der Waals surface area contributed by atoms with Crippen molar-refractivity contribution in [2.75, 3.05) is 38.2 Å². The molecule has 3 aliphatic rings. The Labute approximate surface area is 244 Å². The fraction of sp³-hybridized carbons (Fsp3) is 0.576. The molecule has 8 nitrogen and oxygen atoms in total. The minimum Gasteiger partial charge on any atom is -0.495 e. The predicted octanol–water partition coefficient (Wildman–Crippen LogP) is 4.60. The molecule has 2 aromatic rings. The van der Waals surface area contributed by atoms with Crippen LogP contribution in [0.5, 0.6) is 11.5 Å². The van der Waals surface area contributed by atoms with E-state index < -0.39 is 0 Å². The molecule has 1 amide bonds. The molecule has 2 aromatic carbocycles. The first-order valence-electron chi connectivity index (χ1n) is 14.9. The first kappa shape index (κ1) is 29.2. The van der Waals surface area contributed by atoms with E-state index in [1.54, 1.807) is 25.3 Å². The van der Waals surface area contributed by atoms with Crippen molar-refractivity contribution in [2.24, 2.45) is 10.8 Å². The van der Waals surface area contributed by atoms with Crippen LogP contribution in [0.2, 0.25) is 0 Å². The lowest BCUT2D eigenvalue weighted by Gasteiger charge is -2.63. The summed E-state index contributed by atoms with van der Waals surface area (Å²) in [5.74, 6) is 1.05. The molecule has 1 atom stereocenters. The van der Waals surface area contributed by atoms with Crippen molar-refractivity contribution < 1.29 is 19.4 Å². The van der Waals surface area contributed by atoms with Crippen molar-refractivity contribution in [1.29, 1.82) is 5.26 Å². The topological polar surface area (TPSA) is 98.1 Å². The van der Waals surface area contributed by atoms with Gasteiger partial charge >= 0.3 is 0 Å². The van der Waals surface area contributed by atoms with Gasteiger partial charge in [-0.3, -0.25) is 9.69 Å². The molecule has 1 saturated carbocycles. The number of nitriles is 1. The second-order valence-corrected chi connectivity index (χ2v) is 13.1. The minimum absolute atomic E-state index is 0.0791. The average molecular weight is 561 g/mol. The van der Waals surface area contributed by atoms with Crippen molar-refractivity contribution in [1.82, 2.24) is 10.2 Å². The van der Waals surface area contributed by atoms with Gasteiger partial charge in [-0.05, 0) is 62.1 Å². The van der Waals surface area contributed by atoms with Gasteiger partial charge in [0.25, 0.3) is 5.91 Å². The van der Waals surface area contributed by atoms with Crippen LogP contribution in [0.4, 0.5) is 5.69 Å². The maximum atomic E-state index is 13.4. The zero-order valence-electron chi connectivity index (χ0n) is 25.0. The number of nitrogens with one attached hydrogen (secondary N) is 1. The molecule has 220 valence electrons. The van der Waals surface area contributed by atoms with E-state index in [0.29, 0.717) is 28.7 Å². The van der Waals surface area contributed by atoms with Gasteiger partial charge < -0.3 is 24.8 Å². The second-order valence-electron chi connectivity index (χ2n) is 13.1. The highest BCUT2D eigenvalue weighted by atomic mass is 16.5. The Bertz CT molecular complexity index is 1260. The third-order valence-corrected chi connectivity index (χ3v) is 9.57. The Morgan fingerprint density at radius 2 is 1.71 bits per heavy atom. The van der Waals surface area contributed by atoms with E-state index in [9.17, 15) is 15.2 Å². The van der Waals surface area contributed by atoms with Gasteiger partial charge in [0.15, 0.2) is 0 Å². The molecule has 0 bridgehead atoms. The largest absolute Gasteiger partial charge is 0.495 e. The predicted molar refractivity (Wildman–Crippen MR) is 159 cm³/mol. The number of hydrogen-bond donors (Lipinski definition) is 2. The lowest BCUT2D eigenvalue weighted by atomic mass is 9.49. The molecule has 5 rings (SSSR count). The summed E-state index contributed by atoms with van der Waals surface area (Å²) in [5, 5.41) is 22.5. The van der Waals surface area contributed by atoms with E-state index >= 15 is 0 Å². The van der Waals surface area contributed by atoms with Crippen LogP contribution in [0.15, 0.2) is 42.5 Å². The van der Waals surface area contributed by atoms with E-state index in [-0.39, 0.29) is 35.0 Å². The lowest BCUT2D eigenvalue weighted by molar-refractivity contribution is -0.164. The number of methoxy groups -OCH3 is 1. The standard InChI is InChI=1S/C33H44N4O4/c1-32(2)30(33(3,4)31(32)41-27-13-10-23(20-34)28(19-27)40-5)35-29(39)22-8-11-24(12-9-22)37-16-6-7-25(21-37)36-17-14-26(38)15-18-36/h8-13,19,25-26,30-31,38H,6-7,14-18,21H2,1-5H3,(H,35,39)/t25-,30?,31?/m1/s1. The quantitative estimate of drug-likeness (QED) is 0.511. The molecule has 8 heteroatoms. The number of amides is 1. The molecule has 2 heterocycles. The van der Waals surface area contributed by atoms with Crippen molar-refractivity contribution in [2.45, 2.75) is 77.7 Å². The summed E-state index contributed by atoms with van der Waals surface area (Å²) in [6, 6.07) is 15.8. The Hall–Kier alpha value is -3.28. The zero-order valence-corrected chi connectivity index (χ0v) is 25.0. The van der Waals surface area contributed by atoms with Crippen LogP contribution in [0, 0.1) is 22.2 Å². The van der Waals surface area contributed by atoms with Crippen LogP contribution < -0.4 is 19.7 Å². The Morgan fingerprint density at radius 3 is 2.34 bits per heavy atom. The fourth-order valence-electron chi connectivity index (χ4n) is 7.55. The van der Waals surface area contributed by atoms with Crippen LogP contribution in [-0.2, 0) is 0 Å². The summed E-state index contributed by atoms with van der Waals surface area (Å²) in [7, 11) is 1.54. The summed E-state index contributed by atoms with van der Waals surface area (Å²) < 4.78 is 11.8. The van der Waals surface area contributed by atoms with E-state index in [2.05, 4.69) is 61.0 Å². The van der Waals surface area contributed by atoms with Crippen LogP contribution in [-0.4, -0.2) is 73.5 Å². The number of likely N-dealkylation sites (tertiary alicyclic amines) is 1. The zero-order chi connectivity index (χ0) is 29.4. The number of piperidine rings is 2. The number of aliphatic hydroxyl groups is 1. The van der Waals surface area contributed by atoms with Gasteiger partial charge in [-0.2, -0.15) is 5.26 Å².